The van der Waals surface area contributed by atoms with E-state index in [2.05, 4.69) is 31.4 Å². The summed E-state index contributed by atoms with van der Waals surface area (Å²) in [6, 6.07) is 4.50. The highest BCUT2D eigenvalue weighted by Crippen LogP contribution is 2.25. The number of hydrogen-bond acceptors (Lipinski definition) is 4. The molecule has 1 N–H and O–H groups in total. The summed E-state index contributed by atoms with van der Waals surface area (Å²) in [6.45, 7) is 0. The van der Waals surface area contributed by atoms with Crippen molar-refractivity contribution < 1.29 is 8.81 Å². The number of nitrogens with zero attached hydrogens (tertiary/aromatic N) is 2. The third-order valence-corrected chi connectivity index (χ3v) is 2.79. The van der Waals surface area contributed by atoms with Gasteiger partial charge < -0.3 is 9.73 Å². The molecule has 0 aliphatic carbocycles. The van der Waals surface area contributed by atoms with Gasteiger partial charge in [0.2, 0.25) is 5.89 Å². The van der Waals surface area contributed by atoms with Crippen LogP contribution >= 0.6 is 27.5 Å². The molecule has 0 spiro atoms. The Balaban J connectivity index is 2.13. The molecule has 2 aromatic rings. The number of nitrogens with one attached hydrogen (secondary N) is 1. The maximum Gasteiger partial charge on any atom is 0.320 e. The summed E-state index contributed by atoms with van der Waals surface area (Å²) in [7, 11) is 0. The third kappa shape index (κ3) is 3.17. The quantitative estimate of drug-likeness (QED) is 0.876. The van der Waals surface area contributed by atoms with E-state index in [9.17, 15) is 4.39 Å². The molecule has 4 nitrogen and oxygen atoms in total. The van der Waals surface area contributed by atoms with Crippen LogP contribution in [0.25, 0.3) is 0 Å². The van der Waals surface area contributed by atoms with Crippen molar-refractivity contribution in [1.82, 2.24) is 10.2 Å². The highest BCUT2D eigenvalue weighted by Gasteiger charge is 2.08. The molecule has 0 aliphatic rings. The van der Waals surface area contributed by atoms with Gasteiger partial charge >= 0.3 is 6.01 Å². The lowest BCUT2D eigenvalue weighted by molar-refractivity contribution is 0.516. The second kappa shape index (κ2) is 5.46. The van der Waals surface area contributed by atoms with E-state index >= 15 is 0 Å². The SMILES string of the molecule is Fc1ccc(Nc2nnc(CCCl)o2)c(Br)c1. The molecule has 0 unspecified atom stereocenters. The Bertz CT molecular complexity index is 520. The molecule has 0 bridgehead atoms. The molecular formula is C10H8BrClFN3O. The number of anilines is 2. The van der Waals surface area contributed by atoms with Crippen LogP contribution in [0.5, 0.6) is 0 Å². The third-order valence-electron chi connectivity index (χ3n) is 1.95. The van der Waals surface area contributed by atoms with Gasteiger partial charge in [0.25, 0.3) is 0 Å². The van der Waals surface area contributed by atoms with E-state index in [1.165, 1.54) is 12.1 Å². The number of hydrogen-bond donors (Lipinski definition) is 1. The smallest absolute Gasteiger partial charge is 0.320 e. The van der Waals surface area contributed by atoms with Crippen LogP contribution in [0.2, 0.25) is 0 Å². The van der Waals surface area contributed by atoms with Crippen molar-refractivity contribution in [2.45, 2.75) is 6.42 Å². The minimum Gasteiger partial charge on any atom is -0.408 e. The van der Waals surface area contributed by atoms with Gasteiger partial charge in [0.15, 0.2) is 0 Å². The van der Waals surface area contributed by atoms with Gasteiger partial charge in [-0.1, -0.05) is 5.10 Å². The first-order chi connectivity index (χ1) is 8.19. The van der Waals surface area contributed by atoms with E-state index in [-0.39, 0.29) is 11.8 Å². The highest BCUT2D eigenvalue weighted by atomic mass is 79.9. The van der Waals surface area contributed by atoms with E-state index < -0.39 is 0 Å². The fourth-order valence-corrected chi connectivity index (χ4v) is 1.80. The van der Waals surface area contributed by atoms with E-state index in [1.807, 2.05) is 0 Å². The number of aromatic nitrogens is 2. The molecule has 1 aromatic heterocycles. The number of halogens is 3. The molecule has 0 atom stereocenters. The number of rotatable bonds is 4. The first kappa shape index (κ1) is 12.3. The van der Waals surface area contributed by atoms with Crippen LogP contribution in [-0.4, -0.2) is 16.1 Å². The molecule has 0 aliphatic heterocycles. The zero-order valence-corrected chi connectivity index (χ0v) is 10.9. The lowest BCUT2D eigenvalue weighted by Gasteiger charge is -2.03. The molecule has 0 amide bonds. The van der Waals surface area contributed by atoms with Crippen molar-refractivity contribution in [2.24, 2.45) is 0 Å². The van der Waals surface area contributed by atoms with Crippen LogP contribution < -0.4 is 5.32 Å². The van der Waals surface area contributed by atoms with Gasteiger partial charge in [0.1, 0.15) is 5.82 Å². The Morgan fingerprint density at radius 3 is 2.94 bits per heavy atom. The van der Waals surface area contributed by atoms with Crippen molar-refractivity contribution in [3.8, 4) is 0 Å². The second-order valence-corrected chi connectivity index (χ2v) is 4.42. The van der Waals surface area contributed by atoms with E-state index in [4.69, 9.17) is 16.0 Å². The summed E-state index contributed by atoms with van der Waals surface area (Å²) in [5, 5.41) is 10.5. The van der Waals surface area contributed by atoms with Crippen LogP contribution in [0.3, 0.4) is 0 Å². The molecule has 1 aromatic carbocycles. The minimum atomic E-state index is -0.323. The lowest BCUT2D eigenvalue weighted by Crippen LogP contribution is -1.92. The molecule has 7 heteroatoms. The number of aryl methyl sites for hydroxylation is 1. The Kier molecular flexibility index (Phi) is 3.96. The topological polar surface area (TPSA) is 51.0 Å². The predicted octanol–water partition coefficient (Wildman–Crippen LogP) is 3.50. The summed E-state index contributed by atoms with van der Waals surface area (Å²) < 4.78 is 18.7. The Labute approximate surface area is 110 Å². The van der Waals surface area contributed by atoms with E-state index in [1.54, 1.807) is 6.07 Å². The maximum absolute atomic E-state index is 12.9. The van der Waals surface area contributed by atoms with Gasteiger partial charge in [-0.3, -0.25) is 0 Å². The first-order valence-corrected chi connectivity index (χ1v) is 6.12. The fourth-order valence-electron chi connectivity index (χ4n) is 1.19. The summed E-state index contributed by atoms with van der Waals surface area (Å²) >= 11 is 8.78. The molecule has 90 valence electrons. The van der Waals surface area contributed by atoms with Crippen LogP contribution in [0.15, 0.2) is 27.1 Å². The minimum absolute atomic E-state index is 0.248. The van der Waals surface area contributed by atoms with Gasteiger partial charge in [-0.15, -0.1) is 16.7 Å². The van der Waals surface area contributed by atoms with Crippen LogP contribution in [0.1, 0.15) is 5.89 Å². The molecule has 2 rings (SSSR count). The van der Waals surface area contributed by atoms with E-state index in [0.29, 0.717) is 28.4 Å². The summed E-state index contributed by atoms with van der Waals surface area (Å²) in [4.78, 5) is 0. The molecule has 17 heavy (non-hydrogen) atoms. The maximum atomic E-state index is 12.9. The molecule has 1 heterocycles. The second-order valence-electron chi connectivity index (χ2n) is 3.19. The van der Waals surface area contributed by atoms with Crippen molar-refractivity contribution in [3.63, 3.8) is 0 Å². The molecule has 0 fully saturated rings. The summed E-state index contributed by atoms with van der Waals surface area (Å²) in [5.74, 6) is 0.554. The molecule has 0 radical (unpaired) electrons. The summed E-state index contributed by atoms with van der Waals surface area (Å²) in [5.41, 5.74) is 0.646. The standard InChI is InChI=1S/C10H8BrClFN3O/c11-7-5-6(13)1-2-8(7)14-10-16-15-9(17-10)3-4-12/h1-2,5H,3-4H2,(H,14,16). The number of benzene rings is 1. The van der Waals surface area contributed by atoms with Gasteiger partial charge in [0.05, 0.1) is 5.69 Å². The van der Waals surface area contributed by atoms with Crippen molar-refractivity contribution >= 4 is 39.2 Å². The lowest BCUT2D eigenvalue weighted by atomic mass is 10.3. The Hall–Kier alpha value is -1.14. The highest BCUT2D eigenvalue weighted by molar-refractivity contribution is 9.10. The van der Waals surface area contributed by atoms with Gasteiger partial charge in [0, 0.05) is 16.8 Å². The zero-order chi connectivity index (χ0) is 12.3. The van der Waals surface area contributed by atoms with E-state index in [0.717, 1.165) is 0 Å². The Morgan fingerprint density at radius 2 is 2.24 bits per heavy atom. The van der Waals surface area contributed by atoms with Crippen LogP contribution in [0, 0.1) is 5.82 Å². The first-order valence-electron chi connectivity index (χ1n) is 4.79. The van der Waals surface area contributed by atoms with Crippen molar-refractivity contribution in [1.29, 1.82) is 0 Å². The average molecular weight is 321 g/mol. The molecule has 0 saturated heterocycles. The largest absolute Gasteiger partial charge is 0.408 e. The van der Waals surface area contributed by atoms with Gasteiger partial charge in [-0.25, -0.2) is 4.39 Å². The fraction of sp³-hybridized carbons (Fsp3) is 0.200. The number of alkyl halides is 1. The molecular weight excluding hydrogens is 312 g/mol. The van der Waals surface area contributed by atoms with Gasteiger partial charge in [-0.2, -0.15) is 0 Å². The Morgan fingerprint density at radius 1 is 1.41 bits per heavy atom. The average Bonchev–Trinajstić information content (AvgIpc) is 2.71. The van der Waals surface area contributed by atoms with Gasteiger partial charge in [-0.05, 0) is 34.1 Å². The summed E-state index contributed by atoms with van der Waals surface area (Å²) in [6.07, 6.45) is 0.515. The van der Waals surface area contributed by atoms with Crippen LogP contribution in [0.4, 0.5) is 16.1 Å². The van der Waals surface area contributed by atoms with Crippen molar-refractivity contribution in [2.75, 3.05) is 11.2 Å². The normalized spacial score (nSPS) is 10.5. The zero-order valence-electron chi connectivity index (χ0n) is 8.58. The monoisotopic (exact) mass is 319 g/mol. The predicted molar refractivity (Wildman–Crippen MR) is 66.1 cm³/mol. The van der Waals surface area contributed by atoms with Crippen molar-refractivity contribution in [3.05, 3.63) is 34.4 Å². The van der Waals surface area contributed by atoms with Crippen LogP contribution in [-0.2, 0) is 6.42 Å². The molecule has 0 saturated carbocycles.